The molecule has 2 aromatic heterocycles. The van der Waals surface area contributed by atoms with Crippen molar-refractivity contribution in [2.24, 2.45) is 20.5 Å². The summed E-state index contributed by atoms with van der Waals surface area (Å²) in [6, 6.07) is 16.3. The van der Waals surface area contributed by atoms with Crippen LogP contribution in [0.25, 0.3) is 11.4 Å². The first-order chi connectivity index (χ1) is 28.8. The van der Waals surface area contributed by atoms with Crippen LogP contribution < -0.4 is 21.3 Å². The van der Waals surface area contributed by atoms with Gasteiger partial charge in [-0.1, -0.05) is 0 Å². The van der Waals surface area contributed by atoms with E-state index in [1.165, 1.54) is 0 Å². The maximum absolute atomic E-state index is 12.6. The van der Waals surface area contributed by atoms with Crippen LogP contribution in [-0.2, 0) is 98.9 Å². The van der Waals surface area contributed by atoms with E-state index in [2.05, 4.69) is 30.7 Å². The summed E-state index contributed by atoms with van der Waals surface area (Å²) in [7, 11) is -18.8. The number of benzene rings is 4. The van der Waals surface area contributed by atoms with Gasteiger partial charge in [-0.2, -0.15) is 10.2 Å². The van der Waals surface area contributed by atoms with E-state index in [-0.39, 0.29) is 81.2 Å². The molecule has 324 valence electrons. The fourth-order valence-electron chi connectivity index (χ4n) is 4.79. The molecule has 0 aliphatic rings. The number of rotatable bonds is 12. The van der Waals surface area contributed by atoms with Gasteiger partial charge in [-0.25, -0.2) is 43.0 Å². The molecule has 0 amide bonds. The van der Waals surface area contributed by atoms with E-state index >= 15 is 0 Å². The molecule has 0 unspecified atom stereocenters. The third-order valence-electron chi connectivity index (χ3n) is 7.69. The molecule has 0 atom stereocenters. The first kappa shape index (κ1) is 55.7. The molecule has 4 aromatic carbocycles. The van der Waals surface area contributed by atoms with Crippen molar-refractivity contribution in [1.29, 1.82) is 0 Å². The summed E-state index contributed by atoms with van der Waals surface area (Å²) in [4.78, 5) is 45.7. The van der Waals surface area contributed by atoms with E-state index in [1.807, 2.05) is 0 Å². The van der Waals surface area contributed by atoms with Crippen LogP contribution in [0.15, 0.2) is 147 Å². The molecule has 33 heteroatoms. The molecular weight excluding hydrogens is 1110 g/mol. The molecule has 2 heterocycles. The summed E-state index contributed by atoms with van der Waals surface area (Å²) in [5.41, 5.74) is -4.79. The molecule has 6 rings (SSSR count). The Morgan fingerprint density at radius 2 is 0.646 bits per heavy atom. The Morgan fingerprint density at radius 3 is 0.862 bits per heavy atom. The largest absolute Gasteiger partial charge is 2.00 e. The normalized spacial score (nSPS) is 11.8. The third-order valence-corrected chi connectivity index (χ3v) is 11.1. The number of H-pyrrole nitrogens is 2. The Balaban J connectivity index is 0.000000427. The Bertz CT molecular complexity index is 3150. The topological polar surface area (TPSA) is 434 Å². The van der Waals surface area contributed by atoms with Crippen molar-refractivity contribution in [1.82, 2.24) is 19.6 Å². The predicted molar refractivity (Wildman–Crippen MR) is 195 cm³/mol. The molecule has 0 bridgehead atoms. The average molecular weight is 1130 g/mol. The summed E-state index contributed by atoms with van der Waals surface area (Å²) in [6.45, 7) is 0. The molecule has 0 fully saturated rings. The molecule has 0 spiro atoms. The number of carbonyl (C=O) groups excluding carboxylic acids is 2. The van der Waals surface area contributed by atoms with Crippen LogP contribution in [-0.4, -0.2) is 83.4 Å². The maximum atomic E-state index is 12.6. The van der Waals surface area contributed by atoms with E-state index in [4.69, 9.17) is 0 Å². The molecule has 0 radical (unpaired) electrons. The summed E-state index contributed by atoms with van der Waals surface area (Å²) in [5, 5.41) is 41.6. The van der Waals surface area contributed by atoms with Crippen LogP contribution in [0.2, 0.25) is 0 Å². The number of carboxylic acid groups (broad SMARTS) is 2. The minimum absolute atomic E-state index is 0. The van der Waals surface area contributed by atoms with E-state index in [0.717, 1.165) is 97.1 Å². The number of aromatic carboxylic acids is 2. The number of nitrogens with one attached hydrogen (secondary N) is 2. The summed E-state index contributed by atoms with van der Waals surface area (Å²) < 4.78 is 133. The van der Waals surface area contributed by atoms with E-state index in [0.29, 0.717) is 9.36 Å². The molecule has 26 nitrogen and oxygen atoms in total. The standard InChI is InChI=1S/2C16H12N4O9S2.3Zn/c2*21-15-13(18-17-9-1-5-11(6-2-9)30(24,25)26)14(16(22)23)19-20(15)10-3-7-12(8-4-10)31(27,28)29;;;/h2*1-8,19H,(H,22,23)(H,24,25,26)(H,27,28,29);;;/q;;3*+2/p-6. The van der Waals surface area contributed by atoms with Crippen molar-refractivity contribution in [3.05, 3.63) is 129 Å². The first-order valence-electron chi connectivity index (χ1n) is 16.0. The van der Waals surface area contributed by atoms with Gasteiger partial charge in [0.05, 0.1) is 54.3 Å². The molecule has 0 aliphatic heterocycles. The number of aromatic nitrogens is 4. The van der Waals surface area contributed by atoms with Gasteiger partial charge < -0.3 is 38.0 Å². The van der Waals surface area contributed by atoms with Crippen LogP contribution in [0, 0.1) is 0 Å². The fraction of sp³-hybridized carbons (Fsp3) is 0. The number of aromatic amines is 2. The molecule has 0 aliphatic carbocycles. The zero-order valence-corrected chi connectivity index (χ0v) is 44.2. The van der Waals surface area contributed by atoms with Crippen molar-refractivity contribution in [3.8, 4) is 11.4 Å². The van der Waals surface area contributed by atoms with Gasteiger partial charge in [-0.05, 0) is 97.1 Å². The molecular formula is C32H18N8O18S4Zn3. The third kappa shape index (κ3) is 13.8. The second kappa shape index (κ2) is 21.7. The van der Waals surface area contributed by atoms with E-state index < -0.39 is 106 Å². The molecule has 0 saturated heterocycles. The number of carbonyl (C=O) groups is 2. The average Bonchev–Trinajstić information content (AvgIpc) is 3.71. The molecule has 65 heavy (non-hydrogen) atoms. The van der Waals surface area contributed by atoms with Gasteiger partial charge >= 0.3 is 58.4 Å². The van der Waals surface area contributed by atoms with Crippen molar-refractivity contribution >= 4 is 75.2 Å². The number of hydrogen-bond donors (Lipinski definition) is 2. The quantitative estimate of drug-likeness (QED) is 0.0886. The summed E-state index contributed by atoms with van der Waals surface area (Å²) in [5.74, 6) is -3.59. The van der Waals surface area contributed by atoms with Gasteiger partial charge in [0, 0.05) is 0 Å². The fourth-order valence-corrected chi connectivity index (χ4v) is 6.67. The van der Waals surface area contributed by atoms with Gasteiger partial charge in [0.25, 0.3) is 11.1 Å². The van der Waals surface area contributed by atoms with Crippen molar-refractivity contribution in [2.75, 3.05) is 0 Å². The smallest absolute Gasteiger partial charge is 0.744 e. The molecule has 6 aromatic rings. The van der Waals surface area contributed by atoms with Crippen LogP contribution in [0.4, 0.5) is 22.7 Å². The van der Waals surface area contributed by atoms with Crippen molar-refractivity contribution in [3.63, 3.8) is 0 Å². The van der Waals surface area contributed by atoms with Gasteiger partial charge in [0.15, 0.2) is 11.4 Å². The Labute approximate surface area is 402 Å². The minimum atomic E-state index is -4.72. The number of nitrogens with zero attached hydrogens (tertiary/aromatic N) is 6. The number of carboxylic acids is 2. The van der Waals surface area contributed by atoms with E-state index in [1.54, 1.807) is 0 Å². The zero-order chi connectivity index (χ0) is 45.9. The molecule has 2 N–H and O–H groups in total. The Morgan fingerprint density at radius 1 is 0.415 bits per heavy atom. The first-order valence-corrected chi connectivity index (χ1v) is 21.6. The van der Waals surface area contributed by atoms with Crippen LogP contribution in [0.1, 0.15) is 21.0 Å². The van der Waals surface area contributed by atoms with Crippen molar-refractivity contribution in [2.45, 2.75) is 19.6 Å². The van der Waals surface area contributed by atoms with Gasteiger partial charge in [-0.3, -0.25) is 19.8 Å². The monoisotopic (exact) mass is 1120 g/mol. The van der Waals surface area contributed by atoms with Gasteiger partial charge in [0.2, 0.25) is 0 Å². The van der Waals surface area contributed by atoms with Crippen LogP contribution >= 0.6 is 0 Å². The molecule has 0 saturated carbocycles. The Hall–Kier alpha value is -5.45. The zero-order valence-electron chi connectivity index (χ0n) is 32.0. The van der Waals surface area contributed by atoms with Crippen LogP contribution in [0.3, 0.4) is 0 Å². The van der Waals surface area contributed by atoms with Gasteiger partial charge in [0.1, 0.15) is 51.9 Å². The number of azo groups is 2. The van der Waals surface area contributed by atoms with Crippen LogP contribution in [0.5, 0.6) is 0 Å². The summed E-state index contributed by atoms with van der Waals surface area (Å²) in [6.07, 6.45) is 0. The predicted octanol–water partition coefficient (Wildman–Crippen LogP) is -0.502. The number of hydrogen-bond acceptors (Lipinski definition) is 22. The maximum Gasteiger partial charge on any atom is 2.00 e. The van der Waals surface area contributed by atoms with Crippen molar-refractivity contribution < 1.29 is 130 Å². The second-order valence-electron chi connectivity index (χ2n) is 11.7. The second-order valence-corrected chi connectivity index (χ2v) is 17.2. The minimum Gasteiger partial charge on any atom is -0.744 e. The van der Waals surface area contributed by atoms with Gasteiger partial charge in [-0.15, -0.1) is 10.2 Å². The summed E-state index contributed by atoms with van der Waals surface area (Å²) >= 11 is 0. The van der Waals surface area contributed by atoms with E-state index in [9.17, 15) is 81.3 Å². The SMILES string of the molecule is O=C([O-])c1[nH]n(-c2ccc(S(=O)(=O)[O-])cc2)c(=O)c1N=Nc1ccc(S(=O)(=O)[O-])cc1.O=C([O-])c1[nH]n(-c2ccc(S(=O)(=O)[O-])cc2)c(=O)c1N=Nc1ccc(S(=O)(=O)[O-])cc1.[Zn+2].[Zn+2].[Zn+2]. The Kier molecular flexibility index (Phi) is 18.6.